The summed E-state index contributed by atoms with van der Waals surface area (Å²) < 4.78 is 5.78. The number of rotatable bonds is 2. The molecule has 70 valence electrons. The molecule has 0 aliphatic carbocycles. The summed E-state index contributed by atoms with van der Waals surface area (Å²) in [5.74, 6) is 0. The van der Waals surface area contributed by atoms with Crippen LogP contribution >= 0.6 is 0 Å². The Labute approximate surface area is 75.8 Å². The van der Waals surface area contributed by atoms with Gasteiger partial charge >= 0.3 is 0 Å². The van der Waals surface area contributed by atoms with Gasteiger partial charge in [-0.05, 0) is 25.3 Å². The Morgan fingerprint density at radius 3 is 2.58 bits per heavy atom. The molecular formula is C9H18O2Si. The zero-order chi connectivity index (χ0) is 9.03. The van der Waals surface area contributed by atoms with E-state index in [2.05, 4.69) is 13.1 Å². The molecule has 0 saturated carbocycles. The SMILES string of the molecule is C[SiH](C)C1(C=CO)CCCCO1. The van der Waals surface area contributed by atoms with Gasteiger partial charge in [-0.15, -0.1) is 0 Å². The van der Waals surface area contributed by atoms with Gasteiger partial charge in [0.1, 0.15) is 0 Å². The van der Waals surface area contributed by atoms with E-state index in [0.29, 0.717) is 0 Å². The van der Waals surface area contributed by atoms with Crippen molar-refractivity contribution < 1.29 is 9.84 Å². The Morgan fingerprint density at radius 1 is 1.42 bits per heavy atom. The van der Waals surface area contributed by atoms with Gasteiger partial charge in [0.15, 0.2) is 0 Å². The van der Waals surface area contributed by atoms with Crippen molar-refractivity contribution in [2.24, 2.45) is 0 Å². The molecule has 2 nitrogen and oxygen atoms in total. The third kappa shape index (κ3) is 1.90. The summed E-state index contributed by atoms with van der Waals surface area (Å²) >= 11 is 0. The van der Waals surface area contributed by atoms with E-state index in [1.54, 1.807) is 0 Å². The quantitative estimate of drug-likeness (QED) is 0.528. The average molecular weight is 186 g/mol. The van der Waals surface area contributed by atoms with Gasteiger partial charge in [-0.1, -0.05) is 13.1 Å². The van der Waals surface area contributed by atoms with E-state index in [4.69, 9.17) is 9.84 Å². The first kappa shape index (κ1) is 9.80. The number of aliphatic hydroxyl groups excluding tert-OH is 1. The monoisotopic (exact) mass is 186 g/mol. The number of ether oxygens (including phenoxy) is 1. The number of hydrogen-bond donors (Lipinski definition) is 1. The van der Waals surface area contributed by atoms with E-state index in [-0.39, 0.29) is 5.22 Å². The third-order valence-corrected chi connectivity index (χ3v) is 5.27. The molecular weight excluding hydrogens is 168 g/mol. The Kier molecular flexibility index (Phi) is 3.35. The summed E-state index contributed by atoms with van der Waals surface area (Å²) in [6, 6.07) is 0. The zero-order valence-electron chi connectivity index (χ0n) is 7.92. The fourth-order valence-electron chi connectivity index (χ4n) is 1.74. The van der Waals surface area contributed by atoms with Gasteiger partial charge in [-0.2, -0.15) is 0 Å². The lowest BCUT2D eigenvalue weighted by Gasteiger charge is -2.37. The van der Waals surface area contributed by atoms with Crippen LogP contribution in [-0.2, 0) is 4.74 Å². The third-order valence-electron chi connectivity index (χ3n) is 2.67. The fourth-order valence-corrected chi connectivity index (χ4v) is 3.45. The maximum atomic E-state index is 8.79. The first-order valence-electron chi connectivity index (χ1n) is 4.67. The van der Waals surface area contributed by atoms with Gasteiger partial charge in [0.25, 0.3) is 0 Å². The Hall–Kier alpha value is -0.283. The highest BCUT2D eigenvalue weighted by molar-refractivity contribution is 6.59. The molecule has 1 N–H and O–H groups in total. The topological polar surface area (TPSA) is 29.5 Å². The van der Waals surface area contributed by atoms with Crippen molar-refractivity contribution in [2.45, 2.75) is 37.6 Å². The lowest BCUT2D eigenvalue weighted by Crippen LogP contribution is -2.45. The van der Waals surface area contributed by atoms with Crippen LogP contribution in [0.1, 0.15) is 19.3 Å². The summed E-state index contributed by atoms with van der Waals surface area (Å²) in [7, 11) is -0.874. The molecule has 0 aromatic heterocycles. The second kappa shape index (κ2) is 4.10. The van der Waals surface area contributed by atoms with E-state index >= 15 is 0 Å². The van der Waals surface area contributed by atoms with Crippen LogP contribution in [0.15, 0.2) is 12.3 Å². The maximum Gasteiger partial charge on any atom is 0.0776 e. The molecule has 1 atom stereocenters. The van der Waals surface area contributed by atoms with Crippen LogP contribution < -0.4 is 0 Å². The first-order chi connectivity index (χ1) is 5.71. The molecule has 12 heavy (non-hydrogen) atoms. The highest BCUT2D eigenvalue weighted by atomic mass is 28.3. The number of aliphatic hydroxyl groups is 1. The summed E-state index contributed by atoms with van der Waals surface area (Å²) in [5.41, 5.74) is 0. The van der Waals surface area contributed by atoms with E-state index in [1.807, 2.05) is 6.08 Å². The molecule has 1 aliphatic heterocycles. The van der Waals surface area contributed by atoms with Crippen LogP contribution in [-0.4, -0.2) is 25.7 Å². The Morgan fingerprint density at radius 2 is 2.17 bits per heavy atom. The van der Waals surface area contributed by atoms with Crippen molar-refractivity contribution in [1.82, 2.24) is 0 Å². The van der Waals surface area contributed by atoms with Crippen LogP contribution in [0, 0.1) is 0 Å². The van der Waals surface area contributed by atoms with Gasteiger partial charge < -0.3 is 9.84 Å². The normalized spacial score (nSPS) is 31.6. The highest BCUT2D eigenvalue weighted by Gasteiger charge is 2.34. The maximum absolute atomic E-state index is 8.79. The standard InChI is InChI=1S/C9H18O2Si/c1-12(2)9(6-7-10)5-3-4-8-11-9/h6-7,10,12H,3-5,8H2,1-2H3. The summed E-state index contributed by atoms with van der Waals surface area (Å²) in [6.07, 6.45) is 6.49. The number of hydrogen-bond acceptors (Lipinski definition) is 2. The molecule has 1 rings (SSSR count). The lowest BCUT2D eigenvalue weighted by atomic mass is 10.1. The molecule has 0 bridgehead atoms. The van der Waals surface area contributed by atoms with Crippen molar-refractivity contribution in [1.29, 1.82) is 0 Å². The molecule has 1 heterocycles. The first-order valence-corrected chi connectivity index (χ1v) is 7.56. The van der Waals surface area contributed by atoms with Crippen molar-refractivity contribution in [2.75, 3.05) is 6.61 Å². The van der Waals surface area contributed by atoms with Crippen molar-refractivity contribution >= 4 is 8.80 Å². The predicted molar refractivity (Wildman–Crippen MR) is 53.2 cm³/mol. The van der Waals surface area contributed by atoms with E-state index in [1.165, 1.54) is 12.8 Å². The highest BCUT2D eigenvalue weighted by Crippen LogP contribution is 2.28. The summed E-state index contributed by atoms with van der Waals surface area (Å²) in [4.78, 5) is 0. The second-order valence-electron chi connectivity index (χ2n) is 3.73. The van der Waals surface area contributed by atoms with Crippen LogP contribution in [0.4, 0.5) is 0 Å². The molecule has 1 saturated heterocycles. The second-order valence-corrected chi connectivity index (χ2v) is 7.02. The summed E-state index contributed by atoms with van der Waals surface area (Å²) in [6.45, 7) is 5.40. The fraction of sp³-hybridized carbons (Fsp3) is 0.778. The molecule has 1 unspecified atom stereocenters. The van der Waals surface area contributed by atoms with Crippen molar-refractivity contribution in [3.05, 3.63) is 12.3 Å². The largest absolute Gasteiger partial charge is 0.516 e. The smallest absolute Gasteiger partial charge is 0.0776 e. The molecule has 3 heteroatoms. The van der Waals surface area contributed by atoms with Gasteiger partial charge in [0, 0.05) is 6.61 Å². The van der Waals surface area contributed by atoms with Crippen molar-refractivity contribution in [3.63, 3.8) is 0 Å². The molecule has 0 radical (unpaired) electrons. The molecule has 0 amide bonds. The molecule has 0 aromatic rings. The Bertz CT molecular complexity index is 160. The molecule has 1 aliphatic rings. The minimum atomic E-state index is -0.874. The van der Waals surface area contributed by atoms with E-state index in [9.17, 15) is 0 Å². The molecule has 0 aromatic carbocycles. The van der Waals surface area contributed by atoms with Crippen molar-refractivity contribution in [3.8, 4) is 0 Å². The Balaban J connectivity index is 2.69. The van der Waals surface area contributed by atoms with Gasteiger partial charge in [0.2, 0.25) is 0 Å². The molecule has 1 fully saturated rings. The van der Waals surface area contributed by atoms with Crippen LogP contribution in [0.3, 0.4) is 0 Å². The van der Waals surface area contributed by atoms with Crippen LogP contribution in [0.25, 0.3) is 0 Å². The zero-order valence-corrected chi connectivity index (χ0v) is 9.07. The van der Waals surface area contributed by atoms with E-state index < -0.39 is 8.80 Å². The average Bonchev–Trinajstić information content (AvgIpc) is 2.06. The minimum absolute atomic E-state index is 0.0625. The minimum Gasteiger partial charge on any atom is -0.516 e. The van der Waals surface area contributed by atoms with Gasteiger partial charge in [-0.25, -0.2) is 0 Å². The van der Waals surface area contributed by atoms with Crippen LogP contribution in [0.5, 0.6) is 0 Å². The van der Waals surface area contributed by atoms with E-state index in [0.717, 1.165) is 19.3 Å². The lowest BCUT2D eigenvalue weighted by molar-refractivity contribution is 0.00933. The molecule has 0 spiro atoms. The van der Waals surface area contributed by atoms with Gasteiger partial charge in [0.05, 0.1) is 20.3 Å². The predicted octanol–water partition coefficient (Wildman–Crippen LogP) is 2.02. The van der Waals surface area contributed by atoms with Gasteiger partial charge in [-0.3, -0.25) is 0 Å². The van der Waals surface area contributed by atoms with Crippen LogP contribution in [0.2, 0.25) is 13.1 Å². The summed E-state index contributed by atoms with van der Waals surface area (Å²) in [5, 5.41) is 8.73.